The predicted molar refractivity (Wildman–Crippen MR) is 74.8 cm³/mol. The van der Waals surface area contributed by atoms with Crippen LogP contribution >= 0.6 is 0 Å². The van der Waals surface area contributed by atoms with Crippen LogP contribution in [0, 0.1) is 0 Å². The molecule has 18 heavy (non-hydrogen) atoms. The lowest BCUT2D eigenvalue weighted by atomic mass is 10.1. The van der Waals surface area contributed by atoms with Gasteiger partial charge in [0.05, 0.1) is 5.75 Å². The third-order valence-corrected chi connectivity index (χ3v) is 4.92. The van der Waals surface area contributed by atoms with Gasteiger partial charge in [-0.25, -0.2) is 12.7 Å². The molecule has 2 rings (SSSR count). The minimum Gasteiger partial charge on any atom is -0.418 e. The molecular formula is C11H18BN3O2S. The van der Waals surface area contributed by atoms with E-state index in [1.807, 2.05) is 24.3 Å². The Labute approximate surface area is 109 Å². The molecule has 1 heterocycles. The summed E-state index contributed by atoms with van der Waals surface area (Å²) in [5, 5.41) is 2.97. The van der Waals surface area contributed by atoms with Crippen LogP contribution in [0.2, 0.25) is 0 Å². The fourth-order valence-corrected chi connectivity index (χ4v) is 3.72. The van der Waals surface area contributed by atoms with E-state index in [0.29, 0.717) is 20.6 Å². The van der Waals surface area contributed by atoms with Crippen LogP contribution in [0.15, 0.2) is 24.3 Å². The van der Waals surface area contributed by atoms with E-state index < -0.39 is 10.0 Å². The number of rotatable bonds is 5. The lowest BCUT2D eigenvalue weighted by Crippen LogP contribution is -2.29. The second kappa shape index (κ2) is 5.73. The molecule has 0 saturated carbocycles. The number of nitrogens with one attached hydrogen (secondary N) is 1. The molecule has 1 aromatic rings. The van der Waals surface area contributed by atoms with Gasteiger partial charge in [0, 0.05) is 18.8 Å². The predicted octanol–water partition coefficient (Wildman–Crippen LogP) is 0.249. The summed E-state index contributed by atoms with van der Waals surface area (Å²) in [4.78, 5) is 0. The van der Waals surface area contributed by atoms with E-state index in [1.165, 1.54) is 0 Å². The van der Waals surface area contributed by atoms with Crippen molar-refractivity contribution in [2.75, 3.05) is 18.3 Å². The number of nitrogens with two attached hydrogens (primary N) is 1. The number of sulfonamides is 1. The highest BCUT2D eigenvalue weighted by Crippen LogP contribution is 2.18. The standard InChI is InChI=1S/C11H18BN3O2S/c13-12-14-11-5-3-10(4-6-11)9-18(16,17)15-7-1-2-8-15/h3-6,12,14H,1-2,7-9,13H2. The fraction of sp³-hybridized carbons (Fsp3) is 0.455. The number of nitrogens with zero attached hydrogens (tertiary/aromatic N) is 1. The van der Waals surface area contributed by atoms with Crippen LogP contribution in [-0.2, 0) is 15.8 Å². The fourth-order valence-electron chi connectivity index (χ4n) is 2.10. The summed E-state index contributed by atoms with van der Waals surface area (Å²) in [5.74, 6) is 0.0793. The maximum atomic E-state index is 12.1. The van der Waals surface area contributed by atoms with E-state index in [4.69, 9.17) is 5.64 Å². The lowest BCUT2D eigenvalue weighted by molar-refractivity contribution is 0.476. The molecule has 0 aromatic heterocycles. The Kier molecular flexibility index (Phi) is 4.26. The zero-order chi connectivity index (χ0) is 13.0. The molecule has 1 aromatic carbocycles. The van der Waals surface area contributed by atoms with Crippen molar-refractivity contribution in [2.24, 2.45) is 5.64 Å². The van der Waals surface area contributed by atoms with Gasteiger partial charge < -0.3 is 10.9 Å². The molecule has 1 saturated heterocycles. The molecule has 1 aliphatic rings. The molecule has 0 spiro atoms. The number of hydrogen-bond acceptors (Lipinski definition) is 4. The average Bonchev–Trinajstić information content (AvgIpc) is 2.86. The van der Waals surface area contributed by atoms with Crippen LogP contribution in [0.25, 0.3) is 0 Å². The van der Waals surface area contributed by atoms with Crippen LogP contribution in [-0.4, -0.2) is 33.4 Å². The van der Waals surface area contributed by atoms with Gasteiger partial charge in [-0.2, -0.15) is 0 Å². The molecule has 0 unspecified atom stereocenters. The van der Waals surface area contributed by atoms with Crippen LogP contribution < -0.4 is 10.9 Å². The monoisotopic (exact) mass is 267 g/mol. The van der Waals surface area contributed by atoms with Gasteiger partial charge in [0.25, 0.3) is 0 Å². The maximum Gasteiger partial charge on any atom is 0.315 e. The summed E-state index contributed by atoms with van der Waals surface area (Å²) in [7, 11) is -2.78. The Hall–Kier alpha value is -1.05. The molecule has 1 fully saturated rings. The number of benzene rings is 1. The van der Waals surface area contributed by atoms with Gasteiger partial charge >= 0.3 is 7.55 Å². The van der Waals surface area contributed by atoms with Crippen molar-refractivity contribution in [3.63, 3.8) is 0 Å². The molecule has 0 radical (unpaired) electrons. The minimum atomic E-state index is -3.15. The van der Waals surface area contributed by atoms with E-state index in [9.17, 15) is 8.42 Å². The highest BCUT2D eigenvalue weighted by atomic mass is 32.2. The average molecular weight is 267 g/mol. The Morgan fingerprint density at radius 2 is 1.83 bits per heavy atom. The highest BCUT2D eigenvalue weighted by molar-refractivity contribution is 7.88. The van der Waals surface area contributed by atoms with Crippen molar-refractivity contribution >= 4 is 23.3 Å². The molecule has 1 aliphatic heterocycles. The summed E-state index contributed by atoms with van der Waals surface area (Å²) in [6.07, 6.45) is 1.94. The maximum absolute atomic E-state index is 12.1. The van der Waals surface area contributed by atoms with Crippen LogP contribution in [0.5, 0.6) is 0 Å². The molecule has 7 heteroatoms. The van der Waals surface area contributed by atoms with E-state index in [2.05, 4.69) is 5.23 Å². The quantitative estimate of drug-likeness (QED) is 0.750. The SMILES string of the molecule is NBNc1ccc(CS(=O)(=O)N2CCCC2)cc1. The first-order chi connectivity index (χ1) is 8.62. The molecular weight excluding hydrogens is 249 g/mol. The third-order valence-electron chi connectivity index (χ3n) is 3.07. The van der Waals surface area contributed by atoms with Gasteiger partial charge in [0.2, 0.25) is 10.0 Å². The zero-order valence-electron chi connectivity index (χ0n) is 10.3. The van der Waals surface area contributed by atoms with Crippen molar-refractivity contribution < 1.29 is 8.42 Å². The third kappa shape index (κ3) is 3.25. The smallest absolute Gasteiger partial charge is 0.315 e. The largest absolute Gasteiger partial charge is 0.418 e. The highest BCUT2D eigenvalue weighted by Gasteiger charge is 2.25. The summed E-state index contributed by atoms with van der Waals surface area (Å²) in [6.45, 7) is 1.32. The summed E-state index contributed by atoms with van der Waals surface area (Å²) < 4.78 is 25.8. The Morgan fingerprint density at radius 3 is 2.39 bits per heavy atom. The van der Waals surface area contributed by atoms with Crippen LogP contribution in [0.1, 0.15) is 18.4 Å². The van der Waals surface area contributed by atoms with E-state index in [-0.39, 0.29) is 5.75 Å². The first kappa shape index (κ1) is 13.4. The van der Waals surface area contributed by atoms with Crippen molar-refractivity contribution in [3.05, 3.63) is 29.8 Å². The van der Waals surface area contributed by atoms with Gasteiger partial charge in [-0.15, -0.1) is 0 Å². The van der Waals surface area contributed by atoms with Crippen molar-refractivity contribution in [3.8, 4) is 0 Å². The Bertz CT molecular complexity index is 484. The molecule has 0 amide bonds. The number of hydrogen-bond donors (Lipinski definition) is 2. The number of anilines is 1. The first-order valence-corrected chi connectivity index (χ1v) is 7.73. The minimum absolute atomic E-state index is 0.0793. The van der Waals surface area contributed by atoms with Crippen LogP contribution in [0.4, 0.5) is 5.69 Å². The van der Waals surface area contributed by atoms with E-state index in [1.54, 1.807) is 4.31 Å². The van der Waals surface area contributed by atoms with Crippen LogP contribution in [0.3, 0.4) is 0 Å². The Balaban J connectivity index is 2.04. The van der Waals surface area contributed by atoms with E-state index in [0.717, 1.165) is 24.1 Å². The van der Waals surface area contributed by atoms with Crippen molar-refractivity contribution in [1.29, 1.82) is 0 Å². The van der Waals surface area contributed by atoms with Crippen molar-refractivity contribution in [1.82, 2.24) is 4.31 Å². The van der Waals surface area contributed by atoms with E-state index >= 15 is 0 Å². The van der Waals surface area contributed by atoms with Gasteiger partial charge in [-0.1, -0.05) is 12.1 Å². The molecule has 5 nitrogen and oxygen atoms in total. The molecule has 0 atom stereocenters. The summed E-state index contributed by atoms with van der Waals surface area (Å²) in [6, 6.07) is 7.35. The van der Waals surface area contributed by atoms with Gasteiger partial charge in [-0.05, 0) is 30.5 Å². The molecule has 0 bridgehead atoms. The Morgan fingerprint density at radius 1 is 1.22 bits per heavy atom. The molecule has 3 N–H and O–H groups in total. The molecule has 98 valence electrons. The topological polar surface area (TPSA) is 75.4 Å². The zero-order valence-corrected chi connectivity index (χ0v) is 11.1. The molecule has 0 aliphatic carbocycles. The summed E-state index contributed by atoms with van der Waals surface area (Å²) >= 11 is 0. The van der Waals surface area contributed by atoms with Gasteiger partial charge in [-0.3, -0.25) is 0 Å². The summed E-state index contributed by atoms with van der Waals surface area (Å²) in [5.41, 5.74) is 7.08. The van der Waals surface area contributed by atoms with Gasteiger partial charge in [0.1, 0.15) is 0 Å². The second-order valence-electron chi connectivity index (χ2n) is 4.44. The second-order valence-corrected chi connectivity index (χ2v) is 6.41. The normalized spacial score (nSPS) is 16.7. The van der Waals surface area contributed by atoms with Gasteiger partial charge in [0.15, 0.2) is 0 Å². The van der Waals surface area contributed by atoms with Crippen molar-refractivity contribution in [2.45, 2.75) is 18.6 Å². The lowest BCUT2D eigenvalue weighted by Gasteiger charge is -2.15. The first-order valence-electron chi connectivity index (χ1n) is 6.12.